The molecule has 2 atom stereocenters. The maximum absolute atomic E-state index is 13.4. The third-order valence-electron chi connectivity index (χ3n) is 3.17. The fourth-order valence-electron chi connectivity index (χ4n) is 2.16. The zero-order chi connectivity index (χ0) is 15.1. The van der Waals surface area contributed by atoms with Crippen molar-refractivity contribution in [3.8, 4) is 11.5 Å². The van der Waals surface area contributed by atoms with E-state index in [1.54, 1.807) is 0 Å². The lowest BCUT2D eigenvalue weighted by Gasteiger charge is -2.21. The van der Waals surface area contributed by atoms with Crippen molar-refractivity contribution in [2.75, 3.05) is 7.11 Å². The van der Waals surface area contributed by atoms with Crippen LogP contribution in [0.3, 0.4) is 0 Å². The van der Waals surface area contributed by atoms with Crippen molar-refractivity contribution in [2.24, 2.45) is 0 Å². The lowest BCUT2D eigenvalue weighted by molar-refractivity contribution is -0.183. The van der Waals surface area contributed by atoms with Crippen LogP contribution < -0.4 is 9.47 Å². The largest absolute Gasteiger partial charge is 0.496 e. The Hall–Kier alpha value is -1.89. The molecule has 0 amide bonds. The Morgan fingerprint density at radius 3 is 2.75 bits per heavy atom. The van der Waals surface area contributed by atoms with Gasteiger partial charge in [0.2, 0.25) is 0 Å². The molecule has 0 aromatic heterocycles. The molecule has 0 fully saturated rings. The van der Waals surface area contributed by atoms with Gasteiger partial charge >= 0.3 is 11.9 Å². The van der Waals surface area contributed by atoms with Gasteiger partial charge in [-0.1, -0.05) is 0 Å². The van der Waals surface area contributed by atoms with E-state index in [0.29, 0.717) is 12.2 Å². The summed E-state index contributed by atoms with van der Waals surface area (Å²) in [4.78, 5) is 10.5. The summed E-state index contributed by atoms with van der Waals surface area (Å²) in [5, 5.41) is 18.2. The van der Waals surface area contributed by atoms with Crippen molar-refractivity contribution < 1.29 is 33.3 Å². The third kappa shape index (κ3) is 2.29. The fourth-order valence-corrected chi connectivity index (χ4v) is 2.16. The number of halogens is 2. The third-order valence-corrected chi connectivity index (χ3v) is 3.17. The molecule has 1 aliphatic rings. The normalized spacial score (nSPS) is 19.1. The Kier molecular flexibility index (Phi) is 3.56. The summed E-state index contributed by atoms with van der Waals surface area (Å²) in [6.07, 6.45) is -2.03. The number of hydrogen-bond acceptors (Lipinski definition) is 4. The fraction of sp³-hybridized carbons (Fsp3) is 0.462. The molecule has 2 rings (SSSR count). The molecule has 20 heavy (non-hydrogen) atoms. The second kappa shape index (κ2) is 4.90. The zero-order valence-electron chi connectivity index (χ0n) is 10.9. The SMILES string of the molecule is COc1cc2c(cc1C(O)C(F)(F)C(=O)O)OC(C)C2. The Balaban J connectivity index is 2.47. The van der Waals surface area contributed by atoms with E-state index >= 15 is 0 Å². The van der Waals surface area contributed by atoms with Gasteiger partial charge in [-0.3, -0.25) is 0 Å². The molecule has 0 aliphatic carbocycles. The predicted molar refractivity (Wildman–Crippen MR) is 64.3 cm³/mol. The van der Waals surface area contributed by atoms with Crippen LogP contribution in [0.2, 0.25) is 0 Å². The number of carboxylic acid groups (broad SMARTS) is 1. The molecule has 0 saturated carbocycles. The average Bonchev–Trinajstić information content (AvgIpc) is 2.74. The van der Waals surface area contributed by atoms with Gasteiger partial charge in [0.1, 0.15) is 17.6 Å². The minimum atomic E-state index is -4.31. The highest BCUT2D eigenvalue weighted by Crippen LogP contribution is 2.42. The first-order valence-electron chi connectivity index (χ1n) is 5.94. The van der Waals surface area contributed by atoms with Gasteiger partial charge in [0.25, 0.3) is 0 Å². The maximum atomic E-state index is 13.4. The number of carbonyl (C=O) groups is 1. The first-order valence-corrected chi connectivity index (χ1v) is 5.94. The number of aliphatic carboxylic acids is 1. The van der Waals surface area contributed by atoms with Gasteiger partial charge < -0.3 is 19.7 Å². The standard InChI is InChI=1S/C13H14F2O5/c1-6-3-7-4-10(19-2)8(5-9(7)20-6)11(16)13(14,15)12(17)18/h4-6,11,16H,3H2,1-2H3,(H,17,18). The van der Waals surface area contributed by atoms with Crippen LogP contribution >= 0.6 is 0 Å². The molecule has 2 unspecified atom stereocenters. The molecule has 0 radical (unpaired) electrons. The number of aliphatic hydroxyl groups excluding tert-OH is 1. The van der Waals surface area contributed by atoms with E-state index in [1.165, 1.54) is 19.2 Å². The highest BCUT2D eigenvalue weighted by molar-refractivity contribution is 5.76. The molecular formula is C13H14F2O5. The first-order chi connectivity index (χ1) is 9.27. The minimum absolute atomic E-state index is 0.00914. The molecule has 7 heteroatoms. The van der Waals surface area contributed by atoms with E-state index in [2.05, 4.69) is 0 Å². The molecule has 2 N–H and O–H groups in total. The lowest BCUT2D eigenvalue weighted by Crippen LogP contribution is -2.35. The second-order valence-corrected chi connectivity index (χ2v) is 4.67. The van der Waals surface area contributed by atoms with Crippen LogP contribution in [-0.4, -0.2) is 35.3 Å². The molecule has 1 heterocycles. The Bertz CT molecular complexity index is 544. The first kappa shape index (κ1) is 14.5. The Morgan fingerprint density at radius 1 is 1.55 bits per heavy atom. The molecule has 0 bridgehead atoms. The van der Waals surface area contributed by atoms with E-state index in [9.17, 15) is 18.7 Å². The molecule has 0 spiro atoms. The minimum Gasteiger partial charge on any atom is -0.496 e. The summed E-state index contributed by atoms with van der Waals surface area (Å²) < 4.78 is 37.2. The van der Waals surface area contributed by atoms with Gasteiger partial charge in [-0.2, -0.15) is 8.78 Å². The zero-order valence-corrected chi connectivity index (χ0v) is 10.9. The number of benzene rings is 1. The summed E-state index contributed by atoms with van der Waals surface area (Å²) in [6.45, 7) is 1.81. The predicted octanol–water partition coefficient (Wildman–Crippen LogP) is 1.77. The van der Waals surface area contributed by atoms with E-state index < -0.39 is 18.0 Å². The van der Waals surface area contributed by atoms with Crippen LogP contribution in [0.5, 0.6) is 11.5 Å². The van der Waals surface area contributed by atoms with Gasteiger partial charge in [-0.25, -0.2) is 4.79 Å². The number of fused-ring (bicyclic) bond motifs is 1. The van der Waals surface area contributed by atoms with E-state index in [0.717, 1.165) is 5.56 Å². The van der Waals surface area contributed by atoms with Crippen LogP contribution in [-0.2, 0) is 11.2 Å². The number of methoxy groups -OCH3 is 1. The highest BCUT2D eigenvalue weighted by Gasteiger charge is 2.49. The number of aliphatic hydroxyl groups is 1. The van der Waals surface area contributed by atoms with Crippen molar-refractivity contribution in [3.05, 3.63) is 23.3 Å². The number of alkyl halides is 2. The van der Waals surface area contributed by atoms with Crippen LogP contribution in [0.25, 0.3) is 0 Å². The van der Waals surface area contributed by atoms with Gasteiger partial charge in [0.05, 0.1) is 7.11 Å². The van der Waals surface area contributed by atoms with Gasteiger partial charge in [-0.05, 0) is 19.1 Å². The maximum Gasteiger partial charge on any atom is 0.377 e. The topological polar surface area (TPSA) is 76.0 Å². The van der Waals surface area contributed by atoms with E-state index in [-0.39, 0.29) is 17.4 Å². The van der Waals surface area contributed by atoms with Gasteiger partial charge in [0, 0.05) is 17.5 Å². The molecule has 1 aliphatic heterocycles. The van der Waals surface area contributed by atoms with Gasteiger partial charge in [-0.15, -0.1) is 0 Å². The van der Waals surface area contributed by atoms with Crippen molar-refractivity contribution >= 4 is 5.97 Å². The Morgan fingerprint density at radius 2 is 2.20 bits per heavy atom. The molecule has 1 aromatic carbocycles. The number of hydrogen-bond donors (Lipinski definition) is 2. The summed E-state index contributed by atoms with van der Waals surface area (Å²) in [5.41, 5.74) is 0.455. The monoisotopic (exact) mass is 288 g/mol. The highest BCUT2D eigenvalue weighted by atomic mass is 19.3. The van der Waals surface area contributed by atoms with Crippen LogP contribution in [0.1, 0.15) is 24.2 Å². The quantitative estimate of drug-likeness (QED) is 0.883. The molecule has 5 nitrogen and oxygen atoms in total. The average molecular weight is 288 g/mol. The van der Waals surface area contributed by atoms with Gasteiger partial charge in [0.15, 0.2) is 6.10 Å². The van der Waals surface area contributed by atoms with Crippen molar-refractivity contribution in [3.63, 3.8) is 0 Å². The Labute approximate surface area is 113 Å². The number of rotatable bonds is 4. The van der Waals surface area contributed by atoms with E-state index in [4.69, 9.17) is 14.6 Å². The summed E-state index contributed by atoms with van der Waals surface area (Å²) in [7, 11) is 1.26. The molecule has 1 aromatic rings. The molecule has 0 saturated heterocycles. The van der Waals surface area contributed by atoms with E-state index in [1.807, 2.05) is 6.92 Å². The van der Waals surface area contributed by atoms with Crippen molar-refractivity contribution in [2.45, 2.75) is 31.5 Å². The number of carboxylic acids is 1. The molecule has 110 valence electrons. The van der Waals surface area contributed by atoms with Crippen LogP contribution in [0.4, 0.5) is 8.78 Å². The summed E-state index contributed by atoms with van der Waals surface area (Å²) >= 11 is 0. The molecular weight excluding hydrogens is 274 g/mol. The number of ether oxygens (including phenoxy) is 2. The van der Waals surface area contributed by atoms with Crippen molar-refractivity contribution in [1.29, 1.82) is 0 Å². The smallest absolute Gasteiger partial charge is 0.377 e. The van der Waals surface area contributed by atoms with Crippen LogP contribution in [0.15, 0.2) is 12.1 Å². The second-order valence-electron chi connectivity index (χ2n) is 4.67. The van der Waals surface area contributed by atoms with Crippen molar-refractivity contribution in [1.82, 2.24) is 0 Å². The van der Waals surface area contributed by atoms with Crippen LogP contribution in [0, 0.1) is 0 Å². The summed E-state index contributed by atoms with van der Waals surface area (Å²) in [5.74, 6) is -6.35. The lowest BCUT2D eigenvalue weighted by atomic mass is 9.99. The summed E-state index contributed by atoms with van der Waals surface area (Å²) in [6, 6.07) is 2.69.